The zero-order chi connectivity index (χ0) is 23.1. The summed E-state index contributed by atoms with van der Waals surface area (Å²) in [6.45, 7) is 7.78. The Morgan fingerprint density at radius 2 is 1.81 bits per heavy atom. The van der Waals surface area contributed by atoms with E-state index in [9.17, 15) is 5.11 Å². The highest BCUT2D eigenvalue weighted by Crippen LogP contribution is 2.35. The van der Waals surface area contributed by atoms with Crippen LogP contribution in [-0.4, -0.2) is 39.9 Å². The topological polar surface area (TPSA) is 56.5 Å². The third kappa shape index (κ3) is 6.62. The van der Waals surface area contributed by atoms with Gasteiger partial charge >= 0.3 is 0 Å². The van der Waals surface area contributed by atoms with Crippen molar-refractivity contribution < 1.29 is 14.6 Å². The summed E-state index contributed by atoms with van der Waals surface area (Å²) in [4.78, 5) is 3.98. The highest BCUT2D eigenvalue weighted by molar-refractivity contribution is 14.1. The second-order valence-electron chi connectivity index (χ2n) is 8.59. The molecule has 1 aromatic heterocycles. The molecule has 1 heterocycles. The van der Waals surface area contributed by atoms with Crippen LogP contribution in [0.5, 0.6) is 11.5 Å². The molecule has 0 aliphatic carbocycles. The highest BCUT2D eigenvalue weighted by Gasteiger charge is 2.24. The van der Waals surface area contributed by atoms with Crippen molar-refractivity contribution in [2.45, 2.75) is 38.8 Å². The van der Waals surface area contributed by atoms with Gasteiger partial charge in [-0.25, -0.2) is 4.98 Å². The number of alkyl halides is 1. The number of aliphatic hydroxyl groups excluding tert-OH is 1. The minimum Gasteiger partial charge on any atom is -0.492 e. The normalized spacial score (nSPS) is 13.6. The molecule has 2 aromatic carbocycles. The SMILES string of the molecule is C[C@H](CCl)COc1ccc(C(C)(C)c2ccc(OC[C@H](O)Cn3ccnc3)cc2)cc1I. The molecule has 3 rings (SSSR count). The Labute approximate surface area is 208 Å². The number of rotatable bonds is 11. The van der Waals surface area contributed by atoms with E-state index in [-0.39, 0.29) is 12.0 Å². The smallest absolute Gasteiger partial charge is 0.132 e. The minimum atomic E-state index is -0.601. The van der Waals surface area contributed by atoms with Crippen LogP contribution in [0, 0.1) is 9.49 Å². The minimum absolute atomic E-state index is 0.179. The van der Waals surface area contributed by atoms with E-state index < -0.39 is 6.10 Å². The molecule has 32 heavy (non-hydrogen) atoms. The van der Waals surface area contributed by atoms with Gasteiger partial charge in [-0.15, -0.1) is 11.6 Å². The van der Waals surface area contributed by atoms with E-state index in [1.54, 1.807) is 12.5 Å². The highest BCUT2D eigenvalue weighted by atomic mass is 127. The Balaban J connectivity index is 1.62. The summed E-state index contributed by atoms with van der Waals surface area (Å²) in [6.07, 6.45) is 4.59. The van der Waals surface area contributed by atoms with Crippen LogP contribution < -0.4 is 9.47 Å². The Kier molecular flexibility index (Phi) is 8.85. The maximum absolute atomic E-state index is 10.2. The predicted octanol–water partition coefficient (Wildman–Crippen LogP) is 5.51. The molecule has 0 radical (unpaired) electrons. The molecule has 0 aliphatic heterocycles. The molecule has 0 spiro atoms. The first-order valence-corrected chi connectivity index (χ1v) is 12.3. The van der Waals surface area contributed by atoms with E-state index in [0.717, 1.165) is 15.1 Å². The van der Waals surface area contributed by atoms with Crippen LogP contribution >= 0.6 is 34.2 Å². The molecule has 1 N–H and O–H groups in total. The lowest BCUT2D eigenvalue weighted by Crippen LogP contribution is -2.23. The number of aromatic nitrogens is 2. The summed E-state index contributed by atoms with van der Waals surface area (Å²) in [5.74, 6) is 2.53. The van der Waals surface area contributed by atoms with Crippen LogP contribution in [0.3, 0.4) is 0 Å². The molecule has 0 bridgehead atoms. The lowest BCUT2D eigenvalue weighted by atomic mass is 9.78. The number of halogens is 2. The van der Waals surface area contributed by atoms with Gasteiger partial charge in [0, 0.05) is 29.6 Å². The first-order valence-electron chi connectivity index (χ1n) is 10.7. The predicted molar refractivity (Wildman–Crippen MR) is 137 cm³/mol. The number of nitrogens with zero attached hydrogens (tertiary/aromatic N) is 2. The molecular weight excluding hydrogens is 539 g/mol. The Hall–Kier alpha value is -1.77. The van der Waals surface area contributed by atoms with Gasteiger partial charge in [0.05, 0.1) is 23.0 Å². The molecule has 0 unspecified atom stereocenters. The fourth-order valence-corrected chi connectivity index (χ4v) is 4.06. The van der Waals surface area contributed by atoms with E-state index in [1.807, 2.05) is 29.0 Å². The number of hydrogen-bond donors (Lipinski definition) is 1. The van der Waals surface area contributed by atoms with Gasteiger partial charge in [0.25, 0.3) is 0 Å². The zero-order valence-corrected chi connectivity index (χ0v) is 21.6. The quantitative estimate of drug-likeness (QED) is 0.245. The second-order valence-corrected chi connectivity index (χ2v) is 10.1. The fraction of sp³-hybridized carbons (Fsp3) is 0.400. The average Bonchev–Trinajstić information content (AvgIpc) is 3.29. The van der Waals surface area contributed by atoms with Gasteiger partial charge in [-0.3, -0.25) is 0 Å². The molecule has 172 valence electrons. The van der Waals surface area contributed by atoms with Crippen molar-refractivity contribution in [3.8, 4) is 11.5 Å². The summed E-state index contributed by atoms with van der Waals surface area (Å²) in [7, 11) is 0. The maximum Gasteiger partial charge on any atom is 0.132 e. The number of aliphatic hydroxyl groups is 1. The van der Waals surface area contributed by atoms with Crippen LogP contribution in [0.15, 0.2) is 61.2 Å². The van der Waals surface area contributed by atoms with Crippen molar-refractivity contribution in [3.63, 3.8) is 0 Å². The summed E-state index contributed by atoms with van der Waals surface area (Å²) in [5.41, 5.74) is 2.22. The average molecular weight is 569 g/mol. The van der Waals surface area contributed by atoms with Gasteiger partial charge in [0.2, 0.25) is 0 Å². The van der Waals surface area contributed by atoms with Crippen molar-refractivity contribution >= 4 is 34.2 Å². The van der Waals surface area contributed by atoms with Crippen molar-refractivity contribution in [2.24, 2.45) is 5.92 Å². The van der Waals surface area contributed by atoms with Gasteiger partial charge in [0.15, 0.2) is 0 Å². The molecule has 5 nitrogen and oxygen atoms in total. The van der Waals surface area contributed by atoms with E-state index in [1.165, 1.54) is 11.1 Å². The van der Waals surface area contributed by atoms with Crippen LogP contribution in [-0.2, 0) is 12.0 Å². The van der Waals surface area contributed by atoms with E-state index in [2.05, 4.69) is 72.6 Å². The molecular formula is C25H30ClIN2O3. The molecule has 0 saturated heterocycles. The molecule has 2 atom stereocenters. The van der Waals surface area contributed by atoms with Gasteiger partial charge in [-0.2, -0.15) is 0 Å². The van der Waals surface area contributed by atoms with Crippen molar-refractivity contribution in [2.75, 3.05) is 19.1 Å². The summed E-state index contributed by atoms with van der Waals surface area (Å²) >= 11 is 8.21. The van der Waals surface area contributed by atoms with Crippen LogP contribution in [0.4, 0.5) is 0 Å². The van der Waals surface area contributed by atoms with Crippen LogP contribution in [0.1, 0.15) is 31.9 Å². The number of imidazole rings is 1. The zero-order valence-electron chi connectivity index (χ0n) is 18.7. The monoisotopic (exact) mass is 568 g/mol. The maximum atomic E-state index is 10.2. The number of benzene rings is 2. The van der Waals surface area contributed by atoms with Crippen molar-refractivity contribution in [1.29, 1.82) is 0 Å². The van der Waals surface area contributed by atoms with E-state index in [4.69, 9.17) is 21.1 Å². The molecule has 3 aromatic rings. The van der Waals surface area contributed by atoms with Crippen molar-refractivity contribution in [1.82, 2.24) is 9.55 Å². The van der Waals surface area contributed by atoms with E-state index in [0.29, 0.717) is 24.9 Å². The summed E-state index contributed by atoms with van der Waals surface area (Å²) in [5, 5.41) is 10.2. The summed E-state index contributed by atoms with van der Waals surface area (Å²) < 4.78 is 14.6. The second kappa shape index (κ2) is 11.4. The third-order valence-corrected chi connectivity index (χ3v) is 6.81. The third-order valence-electron chi connectivity index (χ3n) is 5.44. The number of ether oxygens (including phenoxy) is 2. The van der Waals surface area contributed by atoms with Crippen LogP contribution in [0.2, 0.25) is 0 Å². The Morgan fingerprint density at radius 1 is 1.09 bits per heavy atom. The standard InChI is InChI=1S/C25H30ClIN2O3/c1-18(13-26)15-32-24-9-6-20(12-23(24)27)25(2,3)19-4-7-22(8-5-19)31-16-21(30)14-29-11-10-28-17-29/h4-12,17-18,21,30H,13-16H2,1-3H3/t18-,21-/m1/s1. The molecule has 0 fully saturated rings. The Bertz CT molecular complexity index is 977. The lowest BCUT2D eigenvalue weighted by molar-refractivity contribution is 0.0924. The molecule has 7 heteroatoms. The van der Waals surface area contributed by atoms with Gasteiger partial charge in [-0.05, 0) is 58.0 Å². The van der Waals surface area contributed by atoms with Crippen LogP contribution in [0.25, 0.3) is 0 Å². The van der Waals surface area contributed by atoms with Crippen molar-refractivity contribution in [3.05, 3.63) is 75.9 Å². The van der Waals surface area contributed by atoms with Gasteiger partial charge in [0.1, 0.15) is 24.2 Å². The Morgan fingerprint density at radius 3 is 2.44 bits per heavy atom. The van der Waals surface area contributed by atoms with E-state index >= 15 is 0 Å². The summed E-state index contributed by atoms with van der Waals surface area (Å²) in [6, 6.07) is 14.4. The molecule has 0 amide bonds. The first-order chi connectivity index (χ1) is 15.3. The molecule has 0 saturated carbocycles. The molecule has 0 aliphatic rings. The first kappa shape index (κ1) is 24.9. The van der Waals surface area contributed by atoms with Gasteiger partial charge < -0.3 is 19.1 Å². The number of hydrogen-bond acceptors (Lipinski definition) is 4. The lowest BCUT2D eigenvalue weighted by Gasteiger charge is -2.27. The van der Waals surface area contributed by atoms with Gasteiger partial charge in [-0.1, -0.05) is 39.0 Å². The fourth-order valence-electron chi connectivity index (χ4n) is 3.30. The largest absolute Gasteiger partial charge is 0.492 e.